The summed E-state index contributed by atoms with van der Waals surface area (Å²) < 4.78 is 0. The van der Waals surface area contributed by atoms with Crippen LogP contribution in [0.1, 0.15) is 16.6 Å². The molecule has 0 saturated carbocycles. The Kier molecular flexibility index (Phi) is 3.71. The summed E-state index contributed by atoms with van der Waals surface area (Å²) in [7, 11) is 1.45. The number of nitrogens with zero attached hydrogens (tertiary/aromatic N) is 1. The van der Waals surface area contributed by atoms with Gasteiger partial charge in [0.05, 0.1) is 9.90 Å². The minimum atomic E-state index is -1.03. The van der Waals surface area contributed by atoms with Crippen LogP contribution in [-0.4, -0.2) is 35.0 Å². The highest BCUT2D eigenvalue weighted by molar-refractivity contribution is 7.12. The lowest BCUT2D eigenvalue weighted by Crippen LogP contribution is -2.39. The second-order valence-electron chi connectivity index (χ2n) is 3.06. The lowest BCUT2D eigenvalue weighted by molar-refractivity contribution is -0.141. The molecule has 1 N–H and O–H groups in total. The molecule has 0 aliphatic rings. The molecule has 0 radical (unpaired) electrons. The fraction of sp³-hybridized carbons (Fsp3) is 0.333. The molecule has 1 unspecified atom stereocenters. The molecule has 0 fully saturated rings. The SMILES string of the molecule is CC(C(=O)O)N(C)C(=O)c1cc(Cl)cs1. The quantitative estimate of drug-likeness (QED) is 0.888. The van der Waals surface area contributed by atoms with Crippen LogP contribution in [-0.2, 0) is 4.79 Å². The van der Waals surface area contributed by atoms with Crippen molar-refractivity contribution in [3.63, 3.8) is 0 Å². The van der Waals surface area contributed by atoms with Gasteiger partial charge in [0.25, 0.3) is 5.91 Å². The molecular weight excluding hydrogens is 238 g/mol. The normalized spacial score (nSPS) is 12.2. The number of carbonyl (C=O) groups excluding carboxylic acids is 1. The van der Waals surface area contributed by atoms with E-state index < -0.39 is 12.0 Å². The third-order valence-electron chi connectivity index (χ3n) is 2.04. The second kappa shape index (κ2) is 4.63. The van der Waals surface area contributed by atoms with Crippen molar-refractivity contribution in [1.82, 2.24) is 4.90 Å². The average Bonchev–Trinajstić information content (AvgIpc) is 2.61. The minimum Gasteiger partial charge on any atom is -0.480 e. The fourth-order valence-electron chi connectivity index (χ4n) is 0.941. The number of thiophene rings is 1. The molecule has 1 atom stereocenters. The molecule has 0 saturated heterocycles. The van der Waals surface area contributed by atoms with Crippen molar-refractivity contribution >= 4 is 34.8 Å². The Morgan fingerprint density at radius 1 is 1.60 bits per heavy atom. The summed E-state index contributed by atoms with van der Waals surface area (Å²) >= 11 is 6.87. The predicted octanol–water partition coefficient (Wildman–Crippen LogP) is 1.95. The maximum atomic E-state index is 11.7. The van der Waals surface area contributed by atoms with Crippen molar-refractivity contribution in [2.24, 2.45) is 0 Å². The summed E-state index contributed by atoms with van der Waals surface area (Å²) in [5.41, 5.74) is 0. The van der Waals surface area contributed by atoms with Gasteiger partial charge in [-0.05, 0) is 13.0 Å². The van der Waals surface area contributed by atoms with Crippen LogP contribution in [0.5, 0.6) is 0 Å². The van der Waals surface area contributed by atoms with Gasteiger partial charge in [0, 0.05) is 12.4 Å². The number of hydrogen-bond acceptors (Lipinski definition) is 3. The van der Waals surface area contributed by atoms with E-state index in [9.17, 15) is 9.59 Å². The molecule has 4 nitrogen and oxygen atoms in total. The van der Waals surface area contributed by atoms with Gasteiger partial charge in [-0.2, -0.15) is 0 Å². The van der Waals surface area contributed by atoms with Crippen molar-refractivity contribution in [3.8, 4) is 0 Å². The van der Waals surface area contributed by atoms with Crippen LogP contribution < -0.4 is 0 Å². The first kappa shape index (κ1) is 12.0. The van der Waals surface area contributed by atoms with Gasteiger partial charge in [-0.25, -0.2) is 4.79 Å². The lowest BCUT2D eigenvalue weighted by atomic mass is 10.3. The highest BCUT2D eigenvalue weighted by Gasteiger charge is 2.23. The molecule has 0 aromatic carbocycles. The van der Waals surface area contributed by atoms with E-state index in [0.29, 0.717) is 9.90 Å². The van der Waals surface area contributed by atoms with E-state index in [0.717, 1.165) is 0 Å². The minimum absolute atomic E-state index is 0.332. The summed E-state index contributed by atoms with van der Waals surface area (Å²) in [6, 6.07) is 0.679. The third-order valence-corrected chi connectivity index (χ3v) is 3.30. The number of likely N-dealkylation sites (N-methyl/N-ethyl adjacent to an activating group) is 1. The molecule has 1 rings (SSSR count). The first-order valence-corrected chi connectivity index (χ1v) is 5.43. The molecule has 0 aliphatic carbocycles. The first-order chi connectivity index (χ1) is 6.93. The zero-order valence-corrected chi connectivity index (χ0v) is 9.80. The zero-order valence-electron chi connectivity index (χ0n) is 8.23. The van der Waals surface area contributed by atoms with Crippen LogP contribution in [0.15, 0.2) is 11.4 Å². The van der Waals surface area contributed by atoms with E-state index in [2.05, 4.69) is 0 Å². The van der Waals surface area contributed by atoms with E-state index >= 15 is 0 Å². The molecule has 0 spiro atoms. The van der Waals surface area contributed by atoms with Gasteiger partial charge in [-0.15, -0.1) is 11.3 Å². The first-order valence-electron chi connectivity index (χ1n) is 4.17. The second-order valence-corrected chi connectivity index (χ2v) is 4.41. The smallest absolute Gasteiger partial charge is 0.326 e. The Hall–Kier alpha value is -1.07. The Bertz CT molecular complexity index is 390. The Morgan fingerprint density at radius 3 is 2.60 bits per heavy atom. The van der Waals surface area contributed by atoms with Crippen LogP contribution in [0.3, 0.4) is 0 Å². The van der Waals surface area contributed by atoms with Gasteiger partial charge in [-0.3, -0.25) is 4.79 Å². The molecule has 1 aromatic rings. The Labute approximate surface area is 96.1 Å². The van der Waals surface area contributed by atoms with E-state index in [1.54, 1.807) is 5.38 Å². The number of carbonyl (C=O) groups is 2. The van der Waals surface area contributed by atoms with Gasteiger partial charge in [0.1, 0.15) is 6.04 Å². The third kappa shape index (κ3) is 2.70. The summed E-state index contributed by atoms with van der Waals surface area (Å²) in [6.07, 6.45) is 0. The number of carboxylic acid groups (broad SMARTS) is 1. The van der Waals surface area contributed by atoms with Crippen molar-refractivity contribution in [2.75, 3.05) is 7.05 Å². The lowest BCUT2D eigenvalue weighted by Gasteiger charge is -2.20. The predicted molar refractivity (Wildman–Crippen MR) is 58.5 cm³/mol. The molecule has 6 heteroatoms. The summed E-state index contributed by atoms with van der Waals surface area (Å²) in [5.74, 6) is -1.37. The van der Waals surface area contributed by atoms with Crippen molar-refractivity contribution in [3.05, 3.63) is 21.3 Å². The highest BCUT2D eigenvalue weighted by Crippen LogP contribution is 2.20. The average molecular weight is 248 g/mol. The van der Waals surface area contributed by atoms with Gasteiger partial charge in [0.2, 0.25) is 0 Å². The Balaban J connectivity index is 2.81. The largest absolute Gasteiger partial charge is 0.480 e. The summed E-state index contributed by atoms with van der Waals surface area (Å²) in [6.45, 7) is 1.45. The number of rotatable bonds is 3. The van der Waals surface area contributed by atoms with Crippen LogP contribution in [0.2, 0.25) is 5.02 Å². The number of halogens is 1. The van der Waals surface area contributed by atoms with Crippen LogP contribution in [0.4, 0.5) is 0 Å². The molecule has 0 aliphatic heterocycles. The number of aliphatic carboxylic acids is 1. The van der Waals surface area contributed by atoms with E-state index in [1.807, 2.05) is 0 Å². The van der Waals surface area contributed by atoms with Crippen LogP contribution in [0, 0.1) is 0 Å². The standard InChI is InChI=1S/C9H10ClNO3S/c1-5(9(13)14)11(2)8(12)7-3-6(10)4-15-7/h3-5H,1-2H3,(H,13,14). The molecule has 1 aromatic heterocycles. The number of hydrogen-bond donors (Lipinski definition) is 1. The molecule has 15 heavy (non-hydrogen) atoms. The molecule has 82 valence electrons. The summed E-state index contributed by atoms with van der Waals surface area (Å²) in [4.78, 5) is 24.0. The van der Waals surface area contributed by atoms with Gasteiger partial charge in [0.15, 0.2) is 0 Å². The fourth-order valence-corrected chi connectivity index (χ4v) is 2.00. The maximum absolute atomic E-state index is 11.7. The Morgan fingerprint density at radius 2 is 2.20 bits per heavy atom. The van der Waals surface area contributed by atoms with E-state index in [1.165, 1.54) is 36.3 Å². The van der Waals surface area contributed by atoms with Crippen molar-refractivity contribution in [1.29, 1.82) is 0 Å². The maximum Gasteiger partial charge on any atom is 0.326 e. The van der Waals surface area contributed by atoms with Crippen molar-refractivity contribution < 1.29 is 14.7 Å². The molecule has 1 heterocycles. The van der Waals surface area contributed by atoms with Gasteiger partial charge >= 0.3 is 5.97 Å². The van der Waals surface area contributed by atoms with Gasteiger partial charge in [-0.1, -0.05) is 11.6 Å². The number of carboxylic acids is 1. The molecule has 0 bridgehead atoms. The van der Waals surface area contributed by atoms with Crippen LogP contribution >= 0.6 is 22.9 Å². The van der Waals surface area contributed by atoms with E-state index in [4.69, 9.17) is 16.7 Å². The number of amides is 1. The molecule has 1 amide bonds. The van der Waals surface area contributed by atoms with E-state index in [-0.39, 0.29) is 5.91 Å². The zero-order chi connectivity index (χ0) is 11.6. The monoisotopic (exact) mass is 247 g/mol. The van der Waals surface area contributed by atoms with Gasteiger partial charge < -0.3 is 10.0 Å². The van der Waals surface area contributed by atoms with Crippen LogP contribution in [0.25, 0.3) is 0 Å². The highest BCUT2D eigenvalue weighted by atomic mass is 35.5. The van der Waals surface area contributed by atoms with Crippen molar-refractivity contribution in [2.45, 2.75) is 13.0 Å². The topological polar surface area (TPSA) is 57.6 Å². The summed E-state index contributed by atoms with van der Waals surface area (Å²) in [5, 5.41) is 10.9. The molecular formula is C9H10ClNO3S.